The van der Waals surface area contributed by atoms with E-state index in [1.165, 1.54) is 0 Å². The monoisotopic (exact) mass is 475 g/mol. The number of hydrogen-bond acceptors (Lipinski definition) is 3. The van der Waals surface area contributed by atoms with Gasteiger partial charge in [0.2, 0.25) is 0 Å². The minimum Gasteiger partial charge on any atom is -0.497 e. The number of benzene rings is 4. The van der Waals surface area contributed by atoms with E-state index in [4.69, 9.17) is 4.74 Å². The van der Waals surface area contributed by atoms with Gasteiger partial charge in [-0.1, -0.05) is 42.5 Å². The number of ether oxygens (including phenoxy) is 1. The summed E-state index contributed by atoms with van der Waals surface area (Å²) in [5.41, 5.74) is 4.20. The maximum absolute atomic E-state index is 13.3. The lowest BCUT2D eigenvalue weighted by Crippen LogP contribution is -2.30. The molecule has 0 saturated heterocycles. The van der Waals surface area contributed by atoms with Crippen LogP contribution in [0.15, 0.2) is 103 Å². The van der Waals surface area contributed by atoms with Crippen LogP contribution in [-0.2, 0) is 11.8 Å². The molecule has 0 unspecified atom stereocenters. The molecule has 5 rings (SSSR count). The Bertz CT molecular complexity index is 1600. The first-order valence-electron chi connectivity index (χ1n) is 11.5. The van der Waals surface area contributed by atoms with Gasteiger partial charge >= 0.3 is 0 Å². The molecule has 0 bridgehead atoms. The summed E-state index contributed by atoms with van der Waals surface area (Å²) >= 11 is 0. The molecule has 0 spiro atoms. The van der Waals surface area contributed by atoms with Crippen LogP contribution < -0.4 is 15.4 Å². The molecule has 0 fully saturated rings. The molecular weight excluding hydrogens is 450 g/mol. The van der Waals surface area contributed by atoms with E-state index in [2.05, 4.69) is 27.3 Å². The van der Waals surface area contributed by atoms with Crippen LogP contribution in [0.4, 0.5) is 5.69 Å². The molecular formula is C30H25N3O3. The maximum atomic E-state index is 13.3. The lowest BCUT2D eigenvalue weighted by atomic mass is 10.1. The topological polar surface area (TPSA) is 72.4 Å². The van der Waals surface area contributed by atoms with Crippen molar-refractivity contribution in [1.29, 1.82) is 0 Å². The highest BCUT2D eigenvalue weighted by Crippen LogP contribution is 2.29. The molecule has 0 saturated carbocycles. The Labute approximate surface area is 208 Å². The van der Waals surface area contributed by atoms with Crippen LogP contribution in [0.5, 0.6) is 5.75 Å². The summed E-state index contributed by atoms with van der Waals surface area (Å²) in [6.45, 7) is 0. The third-order valence-electron chi connectivity index (χ3n) is 6.13. The van der Waals surface area contributed by atoms with Crippen LogP contribution in [0, 0.1) is 0 Å². The summed E-state index contributed by atoms with van der Waals surface area (Å²) < 4.78 is 7.33. The molecule has 2 N–H and O–H groups in total. The van der Waals surface area contributed by atoms with Crippen molar-refractivity contribution in [2.75, 3.05) is 12.4 Å². The van der Waals surface area contributed by atoms with Gasteiger partial charge in [-0.25, -0.2) is 0 Å². The first-order chi connectivity index (χ1) is 17.5. The largest absolute Gasteiger partial charge is 0.497 e. The van der Waals surface area contributed by atoms with Crippen molar-refractivity contribution in [2.45, 2.75) is 0 Å². The average Bonchev–Trinajstić information content (AvgIpc) is 3.20. The van der Waals surface area contributed by atoms with Gasteiger partial charge < -0.3 is 19.9 Å². The maximum Gasteiger partial charge on any atom is 0.272 e. The van der Waals surface area contributed by atoms with Crippen LogP contribution in [-0.4, -0.2) is 23.5 Å². The van der Waals surface area contributed by atoms with E-state index >= 15 is 0 Å². The van der Waals surface area contributed by atoms with Crippen LogP contribution in [0.2, 0.25) is 0 Å². The molecule has 5 aromatic rings. The normalized spacial score (nSPS) is 11.4. The highest BCUT2D eigenvalue weighted by Gasteiger charge is 2.16. The van der Waals surface area contributed by atoms with E-state index in [0.717, 1.165) is 27.4 Å². The Morgan fingerprint density at radius 3 is 2.25 bits per heavy atom. The molecule has 6 heteroatoms. The fraction of sp³-hybridized carbons (Fsp3) is 0.0667. The molecule has 178 valence electrons. The number of carbonyl (C=O) groups excluding carboxylic acids is 2. The van der Waals surface area contributed by atoms with Crippen molar-refractivity contribution >= 4 is 45.4 Å². The lowest BCUT2D eigenvalue weighted by molar-refractivity contribution is -0.113. The molecule has 4 aromatic carbocycles. The Kier molecular flexibility index (Phi) is 6.24. The molecule has 0 aliphatic rings. The minimum atomic E-state index is -0.428. The van der Waals surface area contributed by atoms with Gasteiger partial charge in [0.05, 0.1) is 7.11 Å². The zero-order chi connectivity index (χ0) is 25.1. The number of carbonyl (C=O) groups is 2. The molecule has 6 nitrogen and oxygen atoms in total. The number of hydrogen-bond donors (Lipinski definition) is 2. The predicted molar refractivity (Wildman–Crippen MR) is 144 cm³/mol. The molecule has 2 amide bonds. The number of anilines is 1. The second kappa shape index (κ2) is 9.80. The fourth-order valence-electron chi connectivity index (χ4n) is 4.26. The number of aromatic nitrogens is 1. The number of nitrogens with one attached hydrogen (secondary N) is 2. The van der Waals surface area contributed by atoms with E-state index < -0.39 is 5.91 Å². The molecule has 0 aliphatic heterocycles. The summed E-state index contributed by atoms with van der Waals surface area (Å²) in [6, 6.07) is 30.0. The second-order valence-electron chi connectivity index (χ2n) is 8.41. The van der Waals surface area contributed by atoms with Crippen LogP contribution in [0.3, 0.4) is 0 Å². The molecule has 36 heavy (non-hydrogen) atoms. The van der Waals surface area contributed by atoms with Gasteiger partial charge in [-0.15, -0.1) is 0 Å². The minimum absolute atomic E-state index is 0.138. The smallest absolute Gasteiger partial charge is 0.272 e. The van der Waals surface area contributed by atoms with Crippen LogP contribution in [0.1, 0.15) is 15.9 Å². The van der Waals surface area contributed by atoms with E-state index in [-0.39, 0.29) is 11.6 Å². The first kappa shape index (κ1) is 22.9. The predicted octanol–water partition coefficient (Wildman–Crippen LogP) is 5.75. The van der Waals surface area contributed by atoms with Gasteiger partial charge in [-0.2, -0.15) is 0 Å². The Balaban J connectivity index is 1.52. The zero-order valence-corrected chi connectivity index (χ0v) is 20.0. The first-order valence-corrected chi connectivity index (χ1v) is 11.5. The fourth-order valence-corrected chi connectivity index (χ4v) is 4.26. The zero-order valence-electron chi connectivity index (χ0n) is 20.0. The molecule has 0 atom stereocenters. The molecule has 0 radical (unpaired) electrons. The number of amides is 2. The third kappa shape index (κ3) is 4.57. The van der Waals surface area contributed by atoms with Crippen molar-refractivity contribution in [1.82, 2.24) is 9.88 Å². The van der Waals surface area contributed by atoms with Gasteiger partial charge in [0.25, 0.3) is 11.8 Å². The number of para-hydroxylation sites is 1. The highest BCUT2D eigenvalue weighted by molar-refractivity contribution is 6.12. The molecule has 1 aromatic heterocycles. The quantitative estimate of drug-likeness (QED) is 0.307. The van der Waals surface area contributed by atoms with Crippen molar-refractivity contribution < 1.29 is 14.3 Å². The van der Waals surface area contributed by atoms with Gasteiger partial charge in [0, 0.05) is 40.1 Å². The van der Waals surface area contributed by atoms with Crippen molar-refractivity contribution in [3.8, 4) is 5.75 Å². The van der Waals surface area contributed by atoms with Crippen molar-refractivity contribution in [3.05, 3.63) is 114 Å². The average molecular weight is 476 g/mol. The number of aryl methyl sites for hydroxylation is 1. The highest BCUT2D eigenvalue weighted by atomic mass is 16.5. The molecule has 1 heterocycles. The Morgan fingerprint density at radius 1 is 0.806 bits per heavy atom. The van der Waals surface area contributed by atoms with Crippen LogP contribution >= 0.6 is 0 Å². The standard InChI is InChI=1S/C30H25N3O3/c1-33-27-11-7-6-10-24(27)25-18-20(12-17-28(25)33)19-26(32-29(34)21-8-4-3-5-9-21)30(35)31-22-13-15-23(36-2)16-14-22/h3-19H,1-2H3,(H,31,35)(H,32,34)/b26-19+. The summed E-state index contributed by atoms with van der Waals surface area (Å²) in [5, 5.41) is 7.86. The van der Waals surface area contributed by atoms with Gasteiger partial charge in [-0.3, -0.25) is 9.59 Å². The third-order valence-corrected chi connectivity index (χ3v) is 6.13. The number of fused-ring (bicyclic) bond motifs is 3. The number of rotatable bonds is 6. The van der Waals surface area contributed by atoms with E-state index in [1.54, 1.807) is 61.7 Å². The second-order valence-corrected chi connectivity index (χ2v) is 8.41. The number of methoxy groups -OCH3 is 1. The van der Waals surface area contributed by atoms with E-state index in [9.17, 15) is 9.59 Å². The van der Waals surface area contributed by atoms with Gasteiger partial charge in [0.15, 0.2) is 0 Å². The Hall–Kier alpha value is -4.84. The van der Waals surface area contributed by atoms with Gasteiger partial charge in [0.1, 0.15) is 11.4 Å². The van der Waals surface area contributed by atoms with E-state index in [0.29, 0.717) is 17.0 Å². The number of nitrogens with zero attached hydrogens (tertiary/aromatic N) is 1. The summed E-state index contributed by atoms with van der Waals surface area (Å²) in [7, 11) is 3.62. The molecule has 0 aliphatic carbocycles. The van der Waals surface area contributed by atoms with Crippen molar-refractivity contribution in [2.24, 2.45) is 7.05 Å². The SMILES string of the molecule is COc1ccc(NC(=O)/C(=C\c2ccc3c(c2)c2ccccc2n3C)NC(=O)c2ccccc2)cc1. The van der Waals surface area contributed by atoms with Crippen LogP contribution in [0.25, 0.3) is 27.9 Å². The van der Waals surface area contributed by atoms with Crippen molar-refractivity contribution in [3.63, 3.8) is 0 Å². The van der Waals surface area contributed by atoms with E-state index in [1.807, 2.05) is 43.4 Å². The van der Waals surface area contributed by atoms with Gasteiger partial charge in [-0.05, 0) is 66.2 Å². The summed E-state index contributed by atoms with van der Waals surface area (Å²) in [5.74, 6) is -0.107. The summed E-state index contributed by atoms with van der Waals surface area (Å²) in [6.07, 6.45) is 1.70. The lowest BCUT2D eigenvalue weighted by Gasteiger charge is -2.12. The Morgan fingerprint density at radius 2 is 1.50 bits per heavy atom. The summed E-state index contributed by atoms with van der Waals surface area (Å²) in [4.78, 5) is 26.2.